The first kappa shape index (κ1) is 18.4. The van der Waals surface area contributed by atoms with E-state index in [4.69, 9.17) is 0 Å². The maximum Gasteiger partial charge on any atom is 0.573 e. The Morgan fingerprint density at radius 3 is 2.44 bits per heavy atom. The first-order valence-electron chi connectivity index (χ1n) is 7.88. The molecule has 0 saturated carbocycles. The van der Waals surface area contributed by atoms with Gasteiger partial charge in [-0.3, -0.25) is 14.5 Å². The second kappa shape index (κ2) is 7.48. The lowest BCUT2D eigenvalue weighted by Crippen LogP contribution is -2.23. The number of aromatic nitrogens is 3. The predicted octanol–water partition coefficient (Wildman–Crippen LogP) is 3.31. The normalized spacial score (nSPS) is 11.3. The van der Waals surface area contributed by atoms with E-state index in [1.807, 2.05) is 25.4 Å². The maximum absolute atomic E-state index is 12.1. The summed E-state index contributed by atoms with van der Waals surface area (Å²) in [6, 6.07) is 8.36. The van der Waals surface area contributed by atoms with Gasteiger partial charge >= 0.3 is 6.36 Å². The Hall–Kier alpha value is -3.36. The molecule has 27 heavy (non-hydrogen) atoms. The number of hydrogen-bond acceptors (Lipinski definition) is 4. The van der Waals surface area contributed by atoms with E-state index in [1.54, 1.807) is 17.1 Å². The molecular weight excluding hydrogens is 361 g/mol. The zero-order valence-corrected chi connectivity index (χ0v) is 14.2. The summed E-state index contributed by atoms with van der Waals surface area (Å²) in [5.41, 5.74) is 2.66. The molecule has 0 aliphatic rings. The molecule has 0 saturated heterocycles. The molecule has 0 atom stereocenters. The quantitative estimate of drug-likeness (QED) is 0.742. The van der Waals surface area contributed by atoms with Gasteiger partial charge in [0, 0.05) is 37.1 Å². The van der Waals surface area contributed by atoms with E-state index >= 15 is 0 Å². The summed E-state index contributed by atoms with van der Waals surface area (Å²) < 4.78 is 41.9. The molecular formula is C18H15F3N4O2. The van der Waals surface area contributed by atoms with E-state index in [1.165, 1.54) is 12.1 Å². The molecule has 1 N–H and O–H groups in total. The van der Waals surface area contributed by atoms with Gasteiger partial charge in [0.2, 0.25) is 0 Å². The van der Waals surface area contributed by atoms with Crippen molar-refractivity contribution < 1.29 is 22.7 Å². The topological polar surface area (TPSA) is 69.0 Å². The predicted molar refractivity (Wildman–Crippen MR) is 90.7 cm³/mol. The lowest BCUT2D eigenvalue weighted by Gasteiger charge is -2.09. The Labute approximate surface area is 152 Å². The van der Waals surface area contributed by atoms with Gasteiger partial charge in [-0.1, -0.05) is 6.07 Å². The van der Waals surface area contributed by atoms with Crippen LogP contribution in [0.5, 0.6) is 5.75 Å². The molecule has 2 heterocycles. The number of nitrogens with one attached hydrogen (secondary N) is 1. The van der Waals surface area contributed by atoms with Crippen molar-refractivity contribution >= 4 is 5.91 Å². The maximum atomic E-state index is 12.1. The van der Waals surface area contributed by atoms with Crippen LogP contribution in [0.1, 0.15) is 15.9 Å². The fourth-order valence-electron chi connectivity index (χ4n) is 2.35. The largest absolute Gasteiger partial charge is 0.573 e. The van der Waals surface area contributed by atoms with Crippen LogP contribution in [0.15, 0.2) is 55.0 Å². The number of benzene rings is 1. The zero-order chi connectivity index (χ0) is 19.4. The van der Waals surface area contributed by atoms with Crippen LogP contribution in [0.3, 0.4) is 0 Å². The van der Waals surface area contributed by atoms with Crippen molar-refractivity contribution in [2.24, 2.45) is 7.05 Å². The third-order valence-electron chi connectivity index (χ3n) is 3.63. The van der Waals surface area contributed by atoms with Gasteiger partial charge < -0.3 is 10.1 Å². The monoisotopic (exact) mass is 376 g/mol. The number of amides is 1. The molecule has 140 valence electrons. The van der Waals surface area contributed by atoms with E-state index in [0.29, 0.717) is 0 Å². The number of carbonyl (C=O) groups excluding carboxylic acids is 1. The number of alkyl halides is 3. The number of hydrogen-bond donors (Lipinski definition) is 1. The summed E-state index contributed by atoms with van der Waals surface area (Å²) in [5.74, 6) is -0.792. The molecule has 0 radical (unpaired) electrons. The average Bonchev–Trinajstić information content (AvgIpc) is 3.06. The van der Waals surface area contributed by atoms with Gasteiger partial charge in [-0.15, -0.1) is 13.2 Å². The number of ether oxygens (including phenoxy) is 1. The number of rotatable bonds is 5. The van der Waals surface area contributed by atoms with Crippen LogP contribution >= 0.6 is 0 Å². The fraction of sp³-hybridized carbons (Fsp3) is 0.167. The van der Waals surface area contributed by atoms with Crippen molar-refractivity contribution in [3.63, 3.8) is 0 Å². The molecule has 1 amide bonds. The minimum Gasteiger partial charge on any atom is -0.406 e. The van der Waals surface area contributed by atoms with Crippen LogP contribution < -0.4 is 10.1 Å². The first-order valence-corrected chi connectivity index (χ1v) is 7.88. The number of carbonyl (C=O) groups is 1. The molecule has 0 aliphatic carbocycles. The van der Waals surface area contributed by atoms with Gasteiger partial charge in [0.15, 0.2) is 0 Å². The molecule has 3 aromatic rings. The molecule has 3 rings (SSSR count). The summed E-state index contributed by atoms with van der Waals surface area (Å²) >= 11 is 0. The number of pyridine rings is 1. The molecule has 9 heteroatoms. The van der Waals surface area contributed by atoms with Crippen molar-refractivity contribution in [1.82, 2.24) is 20.1 Å². The summed E-state index contributed by atoms with van der Waals surface area (Å²) in [7, 11) is 1.81. The van der Waals surface area contributed by atoms with Gasteiger partial charge in [0.05, 0.1) is 11.9 Å². The molecule has 0 fully saturated rings. The Balaban J connectivity index is 1.57. The van der Waals surface area contributed by atoms with Crippen LogP contribution in [0.4, 0.5) is 13.2 Å². The number of aryl methyl sites for hydroxylation is 1. The molecule has 2 aromatic heterocycles. The highest BCUT2D eigenvalue weighted by atomic mass is 19.4. The number of nitrogens with zero attached hydrogens (tertiary/aromatic N) is 3. The first-order chi connectivity index (χ1) is 12.8. The highest BCUT2D eigenvalue weighted by molar-refractivity contribution is 5.94. The minimum atomic E-state index is -4.77. The minimum absolute atomic E-state index is 0.226. The highest BCUT2D eigenvalue weighted by Gasteiger charge is 2.31. The van der Waals surface area contributed by atoms with Crippen molar-refractivity contribution in [3.8, 4) is 17.0 Å². The lowest BCUT2D eigenvalue weighted by molar-refractivity contribution is -0.274. The highest BCUT2D eigenvalue weighted by Crippen LogP contribution is 2.22. The van der Waals surface area contributed by atoms with E-state index in [0.717, 1.165) is 29.0 Å². The SMILES string of the molecule is Cn1cc(-c2ccc(CNC(=O)c3ccc(OC(F)(F)F)cc3)cn2)cn1. The van der Waals surface area contributed by atoms with E-state index < -0.39 is 12.3 Å². The van der Waals surface area contributed by atoms with Crippen molar-refractivity contribution in [1.29, 1.82) is 0 Å². The van der Waals surface area contributed by atoms with Crippen LogP contribution in [0, 0.1) is 0 Å². The molecule has 1 aromatic carbocycles. The standard InChI is InChI=1S/C18H15F3N4O2/c1-25-11-14(10-24-25)16-7-2-12(8-22-16)9-23-17(26)13-3-5-15(6-4-13)27-18(19,20)21/h2-8,10-11H,9H2,1H3,(H,23,26). The summed E-state index contributed by atoms with van der Waals surface area (Å²) in [6.45, 7) is 0.236. The molecule has 0 unspecified atom stereocenters. The Morgan fingerprint density at radius 1 is 1.15 bits per heavy atom. The van der Waals surface area contributed by atoms with Crippen LogP contribution in [-0.4, -0.2) is 27.0 Å². The van der Waals surface area contributed by atoms with Gasteiger partial charge in [0.25, 0.3) is 5.91 Å². The Kier molecular flexibility index (Phi) is 5.11. The zero-order valence-electron chi connectivity index (χ0n) is 14.2. The van der Waals surface area contributed by atoms with Gasteiger partial charge in [-0.05, 0) is 35.9 Å². The van der Waals surface area contributed by atoms with Gasteiger partial charge in [-0.25, -0.2) is 0 Å². The fourth-order valence-corrected chi connectivity index (χ4v) is 2.35. The smallest absolute Gasteiger partial charge is 0.406 e. The van der Waals surface area contributed by atoms with Crippen molar-refractivity contribution in [2.75, 3.05) is 0 Å². The van der Waals surface area contributed by atoms with E-state index in [9.17, 15) is 18.0 Å². The second-order valence-electron chi connectivity index (χ2n) is 5.71. The third-order valence-corrected chi connectivity index (χ3v) is 3.63. The van der Waals surface area contributed by atoms with E-state index in [2.05, 4.69) is 20.1 Å². The Morgan fingerprint density at radius 2 is 1.89 bits per heavy atom. The van der Waals surface area contributed by atoms with Gasteiger partial charge in [-0.2, -0.15) is 5.10 Å². The van der Waals surface area contributed by atoms with Crippen LogP contribution in [0.2, 0.25) is 0 Å². The number of halogens is 3. The summed E-state index contributed by atoms with van der Waals surface area (Å²) in [5, 5.41) is 6.77. The van der Waals surface area contributed by atoms with Gasteiger partial charge in [0.1, 0.15) is 5.75 Å². The molecule has 0 aliphatic heterocycles. The average molecular weight is 376 g/mol. The third kappa shape index (κ3) is 5.06. The summed E-state index contributed by atoms with van der Waals surface area (Å²) in [4.78, 5) is 16.4. The van der Waals surface area contributed by atoms with Crippen molar-refractivity contribution in [3.05, 3.63) is 66.1 Å². The van der Waals surface area contributed by atoms with Crippen molar-refractivity contribution in [2.45, 2.75) is 12.9 Å². The van der Waals surface area contributed by atoms with Crippen LogP contribution in [-0.2, 0) is 13.6 Å². The lowest BCUT2D eigenvalue weighted by atomic mass is 10.2. The second-order valence-corrected chi connectivity index (χ2v) is 5.71. The van der Waals surface area contributed by atoms with Crippen LogP contribution in [0.25, 0.3) is 11.3 Å². The summed E-state index contributed by atoms with van der Waals surface area (Å²) in [6.07, 6.45) is 0.424. The molecule has 6 nitrogen and oxygen atoms in total. The Bertz CT molecular complexity index is 919. The molecule has 0 bridgehead atoms. The molecule has 0 spiro atoms. The van der Waals surface area contributed by atoms with E-state index in [-0.39, 0.29) is 17.9 Å².